The minimum absolute atomic E-state index is 0.250. The van der Waals surface area contributed by atoms with Gasteiger partial charge < -0.3 is 4.74 Å². The molecule has 0 aliphatic heterocycles. The molecule has 0 fully saturated rings. The molecule has 17 heavy (non-hydrogen) atoms. The van der Waals surface area contributed by atoms with Crippen molar-refractivity contribution >= 4 is 0 Å². The van der Waals surface area contributed by atoms with E-state index in [0.29, 0.717) is 6.61 Å². The number of para-hydroxylation sites is 1. The molecular weight excluding hydrogens is 212 g/mol. The van der Waals surface area contributed by atoms with Crippen LogP contribution in [0.1, 0.15) is 26.3 Å². The zero-order valence-corrected chi connectivity index (χ0v) is 10.9. The first-order chi connectivity index (χ1) is 7.97. The summed E-state index contributed by atoms with van der Waals surface area (Å²) in [6, 6.07) is 10.3. The summed E-state index contributed by atoms with van der Waals surface area (Å²) in [6.07, 6.45) is 0. The van der Waals surface area contributed by atoms with Crippen molar-refractivity contribution in [2.75, 3.05) is 6.61 Å². The molecule has 0 aliphatic carbocycles. The Labute approximate surface area is 103 Å². The zero-order chi connectivity index (χ0) is 12.9. The van der Waals surface area contributed by atoms with Crippen molar-refractivity contribution in [1.29, 1.82) is 5.26 Å². The van der Waals surface area contributed by atoms with Crippen LogP contribution >= 0.6 is 0 Å². The summed E-state index contributed by atoms with van der Waals surface area (Å²) in [6.45, 7) is 8.22. The van der Waals surface area contributed by atoms with Gasteiger partial charge in [-0.3, -0.25) is 5.32 Å². The highest BCUT2D eigenvalue weighted by atomic mass is 16.5. The summed E-state index contributed by atoms with van der Waals surface area (Å²) in [5.41, 5.74) is 0.425. The van der Waals surface area contributed by atoms with Crippen LogP contribution in [-0.4, -0.2) is 18.2 Å². The van der Waals surface area contributed by atoms with Gasteiger partial charge >= 0.3 is 0 Å². The van der Waals surface area contributed by atoms with Crippen LogP contribution in [0.2, 0.25) is 0 Å². The summed E-state index contributed by atoms with van der Waals surface area (Å²) in [5.74, 6) is 0.833. The molecule has 0 heterocycles. The fraction of sp³-hybridized carbons (Fsp3) is 0.500. The molecule has 1 atom stereocenters. The van der Waals surface area contributed by atoms with E-state index in [4.69, 9.17) is 4.74 Å². The van der Waals surface area contributed by atoms with E-state index in [9.17, 15) is 5.26 Å². The first-order valence-corrected chi connectivity index (χ1v) is 5.84. The summed E-state index contributed by atoms with van der Waals surface area (Å²) < 4.78 is 5.71. The Balaban J connectivity index is 2.66. The first kappa shape index (κ1) is 13.5. The van der Waals surface area contributed by atoms with Gasteiger partial charge in [0, 0.05) is 6.04 Å². The third-order valence-electron chi connectivity index (χ3n) is 2.46. The minimum atomic E-state index is -0.656. The molecule has 0 aromatic heterocycles. The van der Waals surface area contributed by atoms with Gasteiger partial charge in [0.2, 0.25) is 0 Å². The van der Waals surface area contributed by atoms with Crippen LogP contribution in [0.3, 0.4) is 0 Å². The molecule has 1 N–H and O–H groups in total. The van der Waals surface area contributed by atoms with Crippen LogP contribution in [0.5, 0.6) is 5.75 Å². The smallest absolute Gasteiger partial charge is 0.138 e. The molecule has 0 saturated heterocycles. The van der Waals surface area contributed by atoms with Gasteiger partial charge in [-0.05, 0) is 39.3 Å². The maximum absolute atomic E-state index is 9.19. The second-order valence-corrected chi connectivity index (χ2v) is 4.80. The molecule has 1 unspecified atom stereocenters. The van der Waals surface area contributed by atoms with Gasteiger partial charge in [0.25, 0.3) is 0 Å². The number of ether oxygens (including phenoxy) is 1. The average Bonchev–Trinajstić information content (AvgIpc) is 2.27. The molecule has 0 amide bonds. The number of nitrogens with one attached hydrogen (secondary N) is 1. The molecule has 3 heteroatoms. The number of benzene rings is 1. The molecule has 1 aromatic rings. The quantitative estimate of drug-likeness (QED) is 0.849. The van der Waals surface area contributed by atoms with Gasteiger partial charge in [0.1, 0.15) is 17.9 Å². The number of nitriles is 1. The normalized spacial score (nSPS) is 14.1. The molecule has 0 saturated carbocycles. The molecular formula is C14H20N2O. The number of rotatable bonds is 5. The fourth-order valence-electron chi connectivity index (χ4n) is 1.68. The molecule has 0 aliphatic rings. The Morgan fingerprint density at radius 2 is 2.06 bits per heavy atom. The van der Waals surface area contributed by atoms with Gasteiger partial charge in [-0.25, -0.2) is 0 Å². The number of hydrogen-bond acceptors (Lipinski definition) is 3. The van der Waals surface area contributed by atoms with Crippen molar-refractivity contribution in [2.45, 2.75) is 39.3 Å². The van der Waals surface area contributed by atoms with Gasteiger partial charge in [-0.15, -0.1) is 0 Å². The van der Waals surface area contributed by atoms with E-state index in [1.807, 2.05) is 52.0 Å². The van der Waals surface area contributed by atoms with Gasteiger partial charge in [0.15, 0.2) is 0 Å². The number of hydrogen-bond donors (Lipinski definition) is 1. The Morgan fingerprint density at radius 3 is 2.59 bits per heavy atom. The first-order valence-electron chi connectivity index (χ1n) is 5.84. The van der Waals surface area contributed by atoms with E-state index in [0.717, 1.165) is 11.3 Å². The molecule has 0 spiro atoms. The summed E-state index contributed by atoms with van der Waals surface area (Å²) in [7, 11) is 0. The third-order valence-corrected chi connectivity index (χ3v) is 2.46. The molecule has 1 aromatic carbocycles. The lowest BCUT2D eigenvalue weighted by molar-refractivity contribution is 0.224. The van der Waals surface area contributed by atoms with Crippen LogP contribution in [0.4, 0.5) is 0 Å². The predicted octanol–water partition coefficient (Wildman–Crippen LogP) is 2.65. The second kappa shape index (κ2) is 5.70. The largest absolute Gasteiger partial charge is 0.490 e. The topological polar surface area (TPSA) is 45.0 Å². The Kier molecular flexibility index (Phi) is 4.53. The second-order valence-electron chi connectivity index (χ2n) is 4.80. The summed E-state index contributed by atoms with van der Waals surface area (Å²) >= 11 is 0. The zero-order valence-electron chi connectivity index (χ0n) is 10.9. The molecule has 0 radical (unpaired) electrons. The minimum Gasteiger partial charge on any atom is -0.490 e. The van der Waals surface area contributed by atoms with Crippen LogP contribution in [-0.2, 0) is 0 Å². The predicted molar refractivity (Wildman–Crippen MR) is 69.0 cm³/mol. The van der Waals surface area contributed by atoms with Crippen molar-refractivity contribution in [3.8, 4) is 11.8 Å². The van der Waals surface area contributed by atoms with Crippen molar-refractivity contribution in [1.82, 2.24) is 5.32 Å². The SMILES string of the molecule is Cc1ccccc1OCC(C)(C#N)NC(C)C. The fourth-order valence-corrected chi connectivity index (χ4v) is 1.68. The van der Waals surface area contributed by atoms with Gasteiger partial charge in [-0.1, -0.05) is 18.2 Å². The van der Waals surface area contributed by atoms with Crippen molar-refractivity contribution in [3.63, 3.8) is 0 Å². The summed E-state index contributed by atoms with van der Waals surface area (Å²) in [5, 5.41) is 12.4. The highest BCUT2D eigenvalue weighted by molar-refractivity contribution is 5.32. The Morgan fingerprint density at radius 1 is 1.41 bits per heavy atom. The van der Waals surface area contributed by atoms with Crippen molar-refractivity contribution in [3.05, 3.63) is 29.8 Å². The average molecular weight is 232 g/mol. The van der Waals surface area contributed by atoms with E-state index in [1.165, 1.54) is 0 Å². The Bertz CT molecular complexity index is 409. The molecule has 1 rings (SSSR count). The van der Waals surface area contributed by atoms with E-state index >= 15 is 0 Å². The Hall–Kier alpha value is -1.53. The van der Waals surface area contributed by atoms with Gasteiger partial charge in [-0.2, -0.15) is 5.26 Å². The van der Waals surface area contributed by atoms with E-state index in [-0.39, 0.29) is 6.04 Å². The van der Waals surface area contributed by atoms with Crippen LogP contribution < -0.4 is 10.1 Å². The van der Waals surface area contributed by atoms with Crippen molar-refractivity contribution in [2.24, 2.45) is 0 Å². The molecule has 92 valence electrons. The third kappa shape index (κ3) is 4.08. The molecule has 0 bridgehead atoms. The lowest BCUT2D eigenvalue weighted by atomic mass is 10.1. The lowest BCUT2D eigenvalue weighted by Gasteiger charge is -2.26. The van der Waals surface area contributed by atoms with Crippen molar-refractivity contribution < 1.29 is 4.74 Å². The monoisotopic (exact) mass is 232 g/mol. The standard InChI is InChI=1S/C14H20N2O/c1-11(2)16-14(4,9-15)10-17-13-8-6-5-7-12(13)3/h5-8,11,16H,10H2,1-4H3. The summed E-state index contributed by atoms with van der Waals surface area (Å²) in [4.78, 5) is 0. The number of nitrogens with zero attached hydrogens (tertiary/aromatic N) is 1. The van der Waals surface area contributed by atoms with Crippen LogP contribution in [0.25, 0.3) is 0 Å². The van der Waals surface area contributed by atoms with E-state index in [2.05, 4.69) is 11.4 Å². The highest BCUT2D eigenvalue weighted by Gasteiger charge is 2.25. The van der Waals surface area contributed by atoms with Crippen LogP contribution in [0, 0.1) is 18.3 Å². The highest BCUT2D eigenvalue weighted by Crippen LogP contribution is 2.18. The maximum Gasteiger partial charge on any atom is 0.138 e. The van der Waals surface area contributed by atoms with Gasteiger partial charge in [0.05, 0.1) is 6.07 Å². The molecule has 3 nitrogen and oxygen atoms in total. The lowest BCUT2D eigenvalue weighted by Crippen LogP contribution is -2.49. The van der Waals surface area contributed by atoms with E-state index < -0.39 is 5.54 Å². The maximum atomic E-state index is 9.19. The van der Waals surface area contributed by atoms with Crippen LogP contribution in [0.15, 0.2) is 24.3 Å². The number of aryl methyl sites for hydroxylation is 1. The van der Waals surface area contributed by atoms with E-state index in [1.54, 1.807) is 0 Å².